The van der Waals surface area contributed by atoms with E-state index in [0.29, 0.717) is 17.9 Å². The van der Waals surface area contributed by atoms with Gasteiger partial charge in [-0.05, 0) is 57.0 Å². The first kappa shape index (κ1) is 17.2. The molecule has 3 heteroatoms. The molecule has 2 fully saturated rings. The van der Waals surface area contributed by atoms with E-state index in [2.05, 4.69) is 31.1 Å². The van der Waals surface area contributed by atoms with Gasteiger partial charge in [-0.3, -0.25) is 0 Å². The average Bonchev–Trinajstić information content (AvgIpc) is 2.45. The number of nitrogens with one attached hydrogen (secondary N) is 1. The summed E-state index contributed by atoms with van der Waals surface area (Å²) in [5.74, 6) is 1.93. The Kier molecular flexibility index (Phi) is 6.97. The number of hydrogen-bond acceptors (Lipinski definition) is 3. The van der Waals surface area contributed by atoms with Crippen molar-refractivity contribution in [2.45, 2.75) is 70.9 Å². The smallest absolute Gasteiger partial charge is 0.0566 e. The van der Waals surface area contributed by atoms with E-state index in [1.165, 1.54) is 51.6 Å². The van der Waals surface area contributed by atoms with Gasteiger partial charge in [0.15, 0.2) is 0 Å². The molecular formula is C18H36N2O. The number of aliphatic hydroxyl groups excluding tert-OH is 1. The first-order valence-corrected chi connectivity index (χ1v) is 9.14. The Balaban J connectivity index is 1.74. The van der Waals surface area contributed by atoms with Gasteiger partial charge in [-0.1, -0.05) is 33.1 Å². The topological polar surface area (TPSA) is 35.5 Å². The lowest BCUT2D eigenvalue weighted by atomic mass is 9.86. The molecule has 1 saturated heterocycles. The number of rotatable bonds is 6. The predicted octanol–water partition coefficient (Wildman–Crippen LogP) is 2.88. The van der Waals surface area contributed by atoms with Crippen LogP contribution < -0.4 is 5.32 Å². The van der Waals surface area contributed by atoms with Crippen molar-refractivity contribution in [2.75, 3.05) is 26.7 Å². The van der Waals surface area contributed by atoms with Crippen LogP contribution in [0.15, 0.2) is 0 Å². The molecule has 0 radical (unpaired) electrons. The Labute approximate surface area is 131 Å². The molecule has 0 aromatic carbocycles. The van der Waals surface area contributed by atoms with Crippen molar-refractivity contribution >= 4 is 0 Å². The van der Waals surface area contributed by atoms with Crippen LogP contribution in [-0.4, -0.2) is 48.8 Å². The quantitative estimate of drug-likeness (QED) is 0.791. The van der Waals surface area contributed by atoms with Gasteiger partial charge in [-0.2, -0.15) is 0 Å². The molecule has 0 spiro atoms. The van der Waals surface area contributed by atoms with Crippen molar-refractivity contribution in [3.8, 4) is 0 Å². The van der Waals surface area contributed by atoms with Gasteiger partial charge in [0.05, 0.1) is 6.10 Å². The zero-order chi connectivity index (χ0) is 15.2. The summed E-state index contributed by atoms with van der Waals surface area (Å²) in [6, 6.07) is 0.620. The summed E-state index contributed by atoms with van der Waals surface area (Å²) in [6.07, 6.45) is 9.21. The van der Waals surface area contributed by atoms with Crippen LogP contribution in [0.5, 0.6) is 0 Å². The number of piperidine rings is 1. The summed E-state index contributed by atoms with van der Waals surface area (Å²) in [4.78, 5) is 2.44. The average molecular weight is 296 g/mol. The standard InChI is InChI=1S/C18H36N2O/c1-14(2)18(21)10-16-9-17(13-20(3)12-16)19-11-15-7-5-4-6-8-15/h14-19,21H,4-13H2,1-3H3. The summed E-state index contributed by atoms with van der Waals surface area (Å²) in [7, 11) is 2.23. The van der Waals surface area contributed by atoms with E-state index in [4.69, 9.17) is 0 Å². The van der Waals surface area contributed by atoms with Gasteiger partial charge < -0.3 is 15.3 Å². The van der Waals surface area contributed by atoms with E-state index in [9.17, 15) is 5.11 Å². The van der Waals surface area contributed by atoms with Crippen LogP contribution in [-0.2, 0) is 0 Å². The normalized spacial score (nSPS) is 30.7. The van der Waals surface area contributed by atoms with Crippen molar-refractivity contribution in [3.05, 3.63) is 0 Å². The van der Waals surface area contributed by atoms with Crippen molar-refractivity contribution < 1.29 is 5.11 Å². The third-order valence-electron chi connectivity index (χ3n) is 5.48. The van der Waals surface area contributed by atoms with Gasteiger partial charge >= 0.3 is 0 Å². The van der Waals surface area contributed by atoms with E-state index >= 15 is 0 Å². The summed E-state index contributed by atoms with van der Waals surface area (Å²) in [5, 5.41) is 14.0. The molecule has 2 N–H and O–H groups in total. The van der Waals surface area contributed by atoms with Crippen LogP contribution in [0, 0.1) is 17.8 Å². The molecule has 124 valence electrons. The SMILES string of the molecule is CC(C)C(O)CC1CC(NCC2CCCCC2)CN(C)C1. The third-order valence-corrected chi connectivity index (χ3v) is 5.48. The van der Waals surface area contributed by atoms with Gasteiger partial charge in [0, 0.05) is 19.1 Å². The summed E-state index contributed by atoms with van der Waals surface area (Å²) in [6.45, 7) is 7.76. The molecule has 0 aromatic heterocycles. The predicted molar refractivity (Wildman–Crippen MR) is 89.4 cm³/mol. The van der Waals surface area contributed by atoms with E-state index < -0.39 is 0 Å². The van der Waals surface area contributed by atoms with Crippen LogP contribution in [0.1, 0.15) is 58.8 Å². The van der Waals surface area contributed by atoms with Gasteiger partial charge in [0.25, 0.3) is 0 Å². The van der Waals surface area contributed by atoms with E-state index in [0.717, 1.165) is 18.9 Å². The van der Waals surface area contributed by atoms with Crippen LogP contribution in [0.4, 0.5) is 0 Å². The van der Waals surface area contributed by atoms with Crippen LogP contribution in [0.25, 0.3) is 0 Å². The molecule has 3 unspecified atom stereocenters. The lowest BCUT2D eigenvalue weighted by Gasteiger charge is -2.38. The van der Waals surface area contributed by atoms with E-state index in [1.54, 1.807) is 0 Å². The van der Waals surface area contributed by atoms with Crippen molar-refractivity contribution in [1.29, 1.82) is 0 Å². The molecule has 21 heavy (non-hydrogen) atoms. The molecule has 1 heterocycles. The highest BCUT2D eigenvalue weighted by molar-refractivity contribution is 4.84. The van der Waals surface area contributed by atoms with Crippen molar-refractivity contribution in [2.24, 2.45) is 17.8 Å². The summed E-state index contributed by atoms with van der Waals surface area (Å²) in [5.41, 5.74) is 0. The summed E-state index contributed by atoms with van der Waals surface area (Å²) < 4.78 is 0. The molecule has 3 atom stereocenters. The Bertz CT molecular complexity index is 289. The highest BCUT2D eigenvalue weighted by Crippen LogP contribution is 2.25. The van der Waals surface area contributed by atoms with Crippen LogP contribution in [0.2, 0.25) is 0 Å². The largest absolute Gasteiger partial charge is 0.393 e. The fourth-order valence-electron chi connectivity index (χ4n) is 4.10. The second-order valence-electron chi connectivity index (χ2n) is 7.98. The number of hydrogen-bond donors (Lipinski definition) is 2. The minimum Gasteiger partial charge on any atom is -0.393 e. The Morgan fingerprint density at radius 1 is 1.10 bits per heavy atom. The number of likely N-dealkylation sites (N-methyl/N-ethyl adjacent to an activating group) is 1. The molecule has 0 aromatic rings. The van der Waals surface area contributed by atoms with Gasteiger partial charge in [0.1, 0.15) is 0 Å². The highest BCUT2D eigenvalue weighted by atomic mass is 16.3. The number of likely N-dealkylation sites (tertiary alicyclic amines) is 1. The van der Waals surface area contributed by atoms with Gasteiger partial charge in [-0.25, -0.2) is 0 Å². The maximum Gasteiger partial charge on any atom is 0.0566 e. The van der Waals surface area contributed by atoms with Crippen molar-refractivity contribution in [1.82, 2.24) is 10.2 Å². The minimum absolute atomic E-state index is 0.138. The monoisotopic (exact) mass is 296 g/mol. The molecule has 1 aliphatic carbocycles. The molecular weight excluding hydrogens is 260 g/mol. The first-order chi connectivity index (χ1) is 10.0. The number of aliphatic hydroxyl groups is 1. The molecule has 0 amide bonds. The fourth-order valence-corrected chi connectivity index (χ4v) is 4.10. The first-order valence-electron chi connectivity index (χ1n) is 9.14. The zero-order valence-corrected chi connectivity index (χ0v) is 14.4. The molecule has 2 rings (SSSR count). The molecule has 1 saturated carbocycles. The molecule has 1 aliphatic heterocycles. The highest BCUT2D eigenvalue weighted by Gasteiger charge is 2.28. The van der Waals surface area contributed by atoms with E-state index in [-0.39, 0.29) is 6.10 Å². The lowest BCUT2D eigenvalue weighted by molar-refractivity contribution is 0.0678. The second kappa shape index (κ2) is 8.50. The number of nitrogens with zero attached hydrogens (tertiary/aromatic N) is 1. The van der Waals surface area contributed by atoms with Crippen LogP contribution >= 0.6 is 0 Å². The maximum absolute atomic E-state index is 10.1. The molecule has 2 aliphatic rings. The minimum atomic E-state index is -0.138. The summed E-state index contributed by atoms with van der Waals surface area (Å²) >= 11 is 0. The van der Waals surface area contributed by atoms with Gasteiger partial charge in [0.2, 0.25) is 0 Å². The lowest BCUT2D eigenvalue weighted by Crippen LogP contribution is -2.49. The zero-order valence-electron chi connectivity index (χ0n) is 14.4. The van der Waals surface area contributed by atoms with Crippen molar-refractivity contribution in [3.63, 3.8) is 0 Å². The fraction of sp³-hybridized carbons (Fsp3) is 1.00. The third kappa shape index (κ3) is 5.88. The Hall–Kier alpha value is -0.120. The van der Waals surface area contributed by atoms with E-state index in [1.807, 2.05) is 0 Å². The van der Waals surface area contributed by atoms with Crippen LogP contribution in [0.3, 0.4) is 0 Å². The maximum atomic E-state index is 10.1. The molecule has 0 bridgehead atoms. The molecule has 3 nitrogen and oxygen atoms in total. The Morgan fingerprint density at radius 3 is 2.48 bits per heavy atom. The van der Waals surface area contributed by atoms with Gasteiger partial charge in [-0.15, -0.1) is 0 Å². The second-order valence-corrected chi connectivity index (χ2v) is 7.98. The Morgan fingerprint density at radius 2 is 1.81 bits per heavy atom.